The van der Waals surface area contributed by atoms with E-state index in [1.165, 1.54) is 6.07 Å². The van der Waals surface area contributed by atoms with Gasteiger partial charge in [-0.3, -0.25) is 9.80 Å². The number of carbonyl (C=O) groups excluding carboxylic acids is 1. The summed E-state index contributed by atoms with van der Waals surface area (Å²) in [7, 11) is 3.13. The lowest BCUT2D eigenvalue weighted by Gasteiger charge is -2.48. The maximum atomic E-state index is 18.2. The van der Waals surface area contributed by atoms with Crippen LogP contribution in [0.4, 0.5) is 33.9 Å². The minimum Gasteiger partial charge on any atom is -0.497 e. The molecule has 2 aromatic heterocycles. The normalized spacial score (nSPS) is 22.6. The zero-order chi connectivity index (χ0) is 49.9. The van der Waals surface area contributed by atoms with Crippen molar-refractivity contribution in [3.05, 3.63) is 94.6 Å². The number of anilines is 2. The number of carbonyl (C=O) groups is 1. The summed E-state index contributed by atoms with van der Waals surface area (Å²) in [6.45, 7) is 11.7. The van der Waals surface area contributed by atoms with Gasteiger partial charge < -0.3 is 38.2 Å². The van der Waals surface area contributed by atoms with Gasteiger partial charge in [0.2, 0.25) is 5.88 Å². The molecule has 6 atom stereocenters. The van der Waals surface area contributed by atoms with E-state index in [2.05, 4.69) is 4.90 Å². The Labute approximate surface area is 410 Å². The highest BCUT2D eigenvalue weighted by atomic mass is 19.3. The van der Waals surface area contributed by atoms with E-state index >= 15 is 8.78 Å². The second-order valence-corrected chi connectivity index (χ2v) is 20.1. The van der Waals surface area contributed by atoms with Crippen molar-refractivity contribution in [3.63, 3.8) is 0 Å². The largest absolute Gasteiger partial charge is 0.497 e. The molecule has 1 amide bonds. The maximum Gasteiger partial charge on any atom is 0.410 e. The van der Waals surface area contributed by atoms with Crippen molar-refractivity contribution in [2.75, 3.05) is 56.9 Å². The van der Waals surface area contributed by atoms with Gasteiger partial charge in [-0.05, 0) is 113 Å². The maximum absolute atomic E-state index is 18.2. The number of methoxy groups -OCH3 is 2. The van der Waals surface area contributed by atoms with Crippen LogP contribution in [-0.4, -0.2) is 120 Å². The third-order valence-electron chi connectivity index (χ3n) is 14.4. The van der Waals surface area contributed by atoms with Gasteiger partial charge in [-0.2, -0.15) is 18.7 Å². The lowest BCUT2D eigenvalue weighted by molar-refractivity contribution is -0.0101. The molecule has 5 aromatic rings. The van der Waals surface area contributed by atoms with Crippen molar-refractivity contribution < 1.29 is 50.8 Å². The first kappa shape index (κ1) is 48.2. The van der Waals surface area contributed by atoms with Gasteiger partial charge in [0, 0.05) is 49.9 Å². The molecule has 0 saturated carbocycles. The smallest absolute Gasteiger partial charge is 0.410 e. The summed E-state index contributed by atoms with van der Waals surface area (Å²) in [5.74, 6) is -0.622. The van der Waals surface area contributed by atoms with Crippen LogP contribution in [0.3, 0.4) is 0 Å². The molecule has 4 fully saturated rings. The number of rotatable bonds is 12. The molecule has 0 N–H and O–H groups in total. The van der Waals surface area contributed by atoms with Crippen LogP contribution in [0.15, 0.2) is 60.7 Å². The first-order chi connectivity index (χ1) is 34.1. The minimum atomic E-state index is -2.12. The van der Waals surface area contributed by atoms with Gasteiger partial charge in [0.05, 0.1) is 51.2 Å². The highest BCUT2D eigenvalue weighted by Gasteiger charge is 2.54. The lowest BCUT2D eigenvalue weighted by atomic mass is 9.95. The number of hydrogen-bond acceptors (Lipinski definition) is 13. The van der Waals surface area contributed by atoms with Gasteiger partial charge in [-0.25, -0.2) is 18.6 Å². The van der Waals surface area contributed by atoms with E-state index in [0.29, 0.717) is 50.2 Å². The van der Waals surface area contributed by atoms with Crippen LogP contribution >= 0.6 is 0 Å². The summed E-state index contributed by atoms with van der Waals surface area (Å²) in [6, 6.07) is 15.1. The highest BCUT2D eigenvalue weighted by molar-refractivity contribution is 5.98. The van der Waals surface area contributed by atoms with Crippen molar-refractivity contribution in [2.24, 2.45) is 0 Å². The summed E-state index contributed by atoms with van der Waals surface area (Å²) in [6.07, 6.45) is 0.372. The van der Waals surface area contributed by atoms with Gasteiger partial charge in [-0.1, -0.05) is 24.3 Å². The van der Waals surface area contributed by atoms with Gasteiger partial charge in [0.15, 0.2) is 11.6 Å². The Hall–Kier alpha value is -6.40. The first-order valence-corrected chi connectivity index (χ1v) is 24.3. The van der Waals surface area contributed by atoms with Crippen molar-refractivity contribution >= 4 is 34.6 Å². The molecule has 0 aliphatic carbocycles. The van der Waals surface area contributed by atoms with Crippen LogP contribution in [-0.2, 0) is 22.6 Å². The van der Waals surface area contributed by atoms with E-state index in [1.807, 2.05) is 56.9 Å². The number of aryl methyl sites for hydroxylation is 1. The number of benzene rings is 3. The monoisotopic (exact) mass is 981 g/mol. The van der Waals surface area contributed by atoms with Crippen LogP contribution in [0.2, 0.25) is 0 Å². The Morgan fingerprint density at radius 1 is 0.901 bits per heavy atom. The number of fused-ring (bicyclic) bond motifs is 6. The Kier molecular flexibility index (Phi) is 13.1. The molecule has 14 nitrogen and oxygen atoms in total. The minimum absolute atomic E-state index is 0.0165. The summed E-state index contributed by atoms with van der Waals surface area (Å²) < 4.78 is 101. The summed E-state index contributed by atoms with van der Waals surface area (Å²) in [5.41, 5.74) is -0.529. The van der Waals surface area contributed by atoms with Crippen LogP contribution in [0, 0.1) is 18.6 Å². The van der Waals surface area contributed by atoms with E-state index in [0.717, 1.165) is 30.5 Å². The van der Waals surface area contributed by atoms with E-state index < -0.39 is 58.9 Å². The Balaban J connectivity index is 1.13. The lowest BCUT2D eigenvalue weighted by Crippen LogP contribution is -2.65. The Morgan fingerprint density at radius 3 is 2.23 bits per heavy atom. The summed E-state index contributed by atoms with van der Waals surface area (Å²) >= 11 is 0. The fraction of sp³-hybridized carbons (Fsp3) is 0.472. The number of aromatic nitrogens is 3. The summed E-state index contributed by atoms with van der Waals surface area (Å²) in [4.78, 5) is 36.3. The first-order valence-electron chi connectivity index (χ1n) is 24.3. The summed E-state index contributed by atoms with van der Waals surface area (Å²) in [5, 5.41) is 0.120. The molecule has 376 valence electrons. The molecule has 0 spiro atoms. The standard InChI is InChI=1S/C53H59F4N7O7/c1-29-22-40(61(24-31-8-15-36(66-6)16-9-31)25-32-10-17-37(67-7)18-11-32)44(56)42(38(29)23-41(54)55)46-45(57)47-43-49(60-51(59-47)69-28-35-13-12-34-27-68-21-20-62(34)35)63-26-33-14-19-39(48(63)30(2)70-50(43)58-46)64(33)52(65)71-53(3,4)5/h8-11,15-18,22-23,30,33-35,39,48H,12-14,19-21,24-28H2,1-7H3/t30-,33+,34-,35-,39-,48+/m0/s1. The number of ether oxygens (including phenoxy) is 6. The van der Waals surface area contributed by atoms with Crippen LogP contribution in [0.25, 0.3) is 28.2 Å². The molecule has 10 rings (SSSR count). The predicted octanol–water partition coefficient (Wildman–Crippen LogP) is 9.72. The molecule has 3 aromatic carbocycles. The Morgan fingerprint density at radius 2 is 1.58 bits per heavy atom. The van der Waals surface area contributed by atoms with E-state index in [1.54, 1.807) is 55.2 Å². The molecule has 4 saturated heterocycles. The van der Waals surface area contributed by atoms with E-state index in [9.17, 15) is 13.6 Å². The topological polar surface area (TPSA) is 124 Å². The predicted molar refractivity (Wildman–Crippen MR) is 259 cm³/mol. The molecule has 5 aliphatic rings. The zero-order valence-corrected chi connectivity index (χ0v) is 41.0. The zero-order valence-electron chi connectivity index (χ0n) is 41.0. The van der Waals surface area contributed by atoms with E-state index in [-0.39, 0.29) is 83.2 Å². The van der Waals surface area contributed by atoms with Crippen molar-refractivity contribution in [3.8, 4) is 34.6 Å². The molecule has 71 heavy (non-hydrogen) atoms. The number of hydrogen-bond donors (Lipinski definition) is 0. The fourth-order valence-electron chi connectivity index (χ4n) is 11.2. The molecule has 18 heteroatoms. The third-order valence-corrected chi connectivity index (χ3v) is 14.4. The van der Waals surface area contributed by atoms with Gasteiger partial charge in [-0.15, -0.1) is 0 Å². The van der Waals surface area contributed by atoms with Gasteiger partial charge in [0.25, 0.3) is 6.08 Å². The number of amides is 1. The van der Waals surface area contributed by atoms with E-state index in [4.69, 9.17) is 43.4 Å². The van der Waals surface area contributed by atoms with Crippen molar-refractivity contribution in [2.45, 2.75) is 115 Å². The second kappa shape index (κ2) is 19.3. The van der Waals surface area contributed by atoms with Gasteiger partial charge >= 0.3 is 12.1 Å². The third kappa shape index (κ3) is 9.36. The molecule has 5 aliphatic heterocycles. The molecule has 7 heterocycles. The quantitative estimate of drug-likeness (QED) is 0.110. The van der Waals surface area contributed by atoms with Crippen molar-refractivity contribution in [1.82, 2.24) is 24.8 Å². The number of halogens is 4. The van der Waals surface area contributed by atoms with Crippen LogP contribution < -0.4 is 28.7 Å². The molecular formula is C53H59F4N7O7. The number of pyridine rings is 1. The SMILES string of the molecule is COc1ccc(CN(Cc2ccc(OC)cc2)c2cc(C)c(C=C(F)F)c(-c3nc4c5c(nc(OC[C@@H]6CC[C@H]7COCCN76)nc5c3F)N3C[C@H]5CC[C@@H]([C@H]3[C@H](C)O4)N5C(=O)OC(C)(C)C)c2F)cc1. The van der Waals surface area contributed by atoms with Crippen LogP contribution in [0.5, 0.6) is 23.4 Å². The molecule has 0 unspecified atom stereocenters. The highest BCUT2D eigenvalue weighted by Crippen LogP contribution is 2.48. The Bertz CT molecular complexity index is 2800. The second-order valence-electron chi connectivity index (χ2n) is 20.1. The average molecular weight is 982 g/mol. The number of morpholine rings is 1. The average Bonchev–Trinajstić information content (AvgIpc) is 3.87. The molecular weight excluding hydrogens is 923 g/mol. The fourth-order valence-corrected chi connectivity index (χ4v) is 11.2. The van der Waals surface area contributed by atoms with Gasteiger partial charge in [0.1, 0.15) is 52.2 Å². The van der Waals surface area contributed by atoms with Crippen molar-refractivity contribution in [1.29, 1.82) is 0 Å². The number of piperazine rings is 1. The molecule has 2 bridgehead atoms. The number of nitrogens with zero attached hydrogens (tertiary/aromatic N) is 7. The molecule has 0 radical (unpaired) electrons. The van der Waals surface area contributed by atoms with Crippen LogP contribution in [0.1, 0.15) is 75.6 Å².